The Bertz CT molecular complexity index is 315. The molecule has 4 aliphatic carbocycles. The minimum Gasteiger partial charge on any atom is -0.365 e. The third-order valence-corrected chi connectivity index (χ3v) is 5.90. The van der Waals surface area contributed by atoms with Crippen LogP contribution in [0.2, 0.25) is 0 Å². The molecular formula is C11H14O2. The van der Waals surface area contributed by atoms with Gasteiger partial charge in [0.15, 0.2) is 5.79 Å². The molecule has 2 bridgehead atoms. The molecule has 5 rings (SSSR count). The van der Waals surface area contributed by atoms with E-state index in [2.05, 4.69) is 0 Å². The summed E-state index contributed by atoms with van der Waals surface area (Å²) in [6, 6.07) is 0. The van der Waals surface area contributed by atoms with Crippen LogP contribution in [-0.4, -0.2) is 17.0 Å². The third kappa shape index (κ3) is 0.435. The van der Waals surface area contributed by atoms with Crippen LogP contribution in [0.3, 0.4) is 0 Å². The first-order chi connectivity index (χ1) is 6.28. The molecular weight excluding hydrogens is 164 g/mol. The zero-order chi connectivity index (χ0) is 8.37. The molecule has 0 amide bonds. The van der Waals surface area contributed by atoms with Crippen LogP contribution in [0.5, 0.6) is 0 Å². The normalized spacial score (nSPS) is 80.5. The van der Waals surface area contributed by atoms with E-state index in [1.165, 1.54) is 12.8 Å². The fourth-order valence-electron chi connectivity index (χ4n) is 5.92. The van der Waals surface area contributed by atoms with Crippen LogP contribution < -0.4 is 0 Å². The number of ether oxygens (including phenoxy) is 1. The molecule has 0 aromatic carbocycles. The minimum atomic E-state index is -0.662. The van der Waals surface area contributed by atoms with Crippen LogP contribution in [0, 0.1) is 35.5 Å². The molecule has 13 heavy (non-hydrogen) atoms. The summed E-state index contributed by atoms with van der Waals surface area (Å²) in [5.41, 5.74) is 0. The van der Waals surface area contributed by atoms with Gasteiger partial charge in [0, 0.05) is 12.3 Å². The molecule has 4 saturated carbocycles. The van der Waals surface area contributed by atoms with Gasteiger partial charge in [0.25, 0.3) is 0 Å². The largest absolute Gasteiger partial charge is 0.365 e. The van der Waals surface area contributed by atoms with E-state index >= 15 is 0 Å². The molecule has 1 saturated heterocycles. The van der Waals surface area contributed by atoms with Crippen LogP contribution >= 0.6 is 0 Å². The SMILES string of the molecule is O[C@@]12C[C@@H]3[C@@H]4C[C@@H](O1)[C@H]1[C@@H]4C[C@@H]3[C@@H]12. The third-order valence-electron chi connectivity index (χ3n) is 5.90. The van der Waals surface area contributed by atoms with Crippen molar-refractivity contribution in [1.82, 2.24) is 0 Å². The number of fused-ring (bicyclic) bond motifs is 1. The van der Waals surface area contributed by atoms with Crippen molar-refractivity contribution in [2.45, 2.75) is 31.2 Å². The van der Waals surface area contributed by atoms with Gasteiger partial charge in [0.2, 0.25) is 0 Å². The zero-order valence-corrected chi connectivity index (χ0v) is 7.52. The number of rotatable bonds is 0. The maximum absolute atomic E-state index is 10.4. The molecule has 1 heterocycles. The molecule has 2 nitrogen and oxygen atoms in total. The van der Waals surface area contributed by atoms with Gasteiger partial charge < -0.3 is 9.84 Å². The molecule has 0 spiro atoms. The average Bonchev–Trinajstić information content (AvgIpc) is 2.66. The maximum Gasteiger partial charge on any atom is 0.169 e. The van der Waals surface area contributed by atoms with Crippen molar-refractivity contribution in [3.8, 4) is 0 Å². The van der Waals surface area contributed by atoms with Gasteiger partial charge in [0.1, 0.15) is 0 Å². The van der Waals surface area contributed by atoms with E-state index in [1.807, 2.05) is 0 Å². The lowest BCUT2D eigenvalue weighted by molar-refractivity contribution is -0.201. The van der Waals surface area contributed by atoms with Crippen molar-refractivity contribution in [1.29, 1.82) is 0 Å². The van der Waals surface area contributed by atoms with Crippen LogP contribution in [0.4, 0.5) is 0 Å². The van der Waals surface area contributed by atoms with Crippen molar-refractivity contribution in [2.75, 3.05) is 0 Å². The first-order valence-electron chi connectivity index (χ1n) is 5.68. The van der Waals surface area contributed by atoms with E-state index in [0.29, 0.717) is 12.0 Å². The summed E-state index contributed by atoms with van der Waals surface area (Å²) >= 11 is 0. The molecule has 5 aliphatic rings. The van der Waals surface area contributed by atoms with E-state index in [4.69, 9.17) is 4.74 Å². The molecule has 2 heteroatoms. The van der Waals surface area contributed by atoms with E-state index in [1.54, 1.807) is 0 Å². The van der Waals surface area contributed by atoms with Crippen LogP contribution in [0.25, 0.3) is 0 Å². The Morgan fingerprint density at radius 1 is 1.08 bits per heavy atom. The number of hydrogen-bond acceptors (Lipinski definition) is 2. The standard InChI is InChI=1S/C11H14O2/c12-11-3-7-4-2-8(13-11)9-5(4)1-6(7)10(9)11/h4-10,12H,1-3H2/t4-,5-,6+,7-,8-,9-,10+,11+/m1/s1. The van der Waals surface area contributed by atoms with Gasteiger partial charge in [-0.1, -0.05) is 0 Å². The molecule has 0 radical (unpaired) electrons. The molecule has 5 fully saturated rings. The summed E-state index contributed by atoms with van der Waals surface area (Å²) in [4.78, 5) is 0. The Morgan fingerprint density at radius 3 is 2.92 bits per heavy atom. The highest BCUT2D eigenvalue weighted by atomic mass is 16.6. The Balaban J connectivity index is 1.86. The smallest absolute Gasteiger partial charge is 0.169 e. The summed E-state index contributed by atoms with van der Waals surface area (Å²) in [5, 5.41) is 10.4. The highest BCUT2D eigenvalue weighted by molar-refractivity contribution is 5.23. The average molecular weight is 178 g/mol. The maximum atomic E-state index is 10.4. The van der Waals surface area contributed by atoms with Crippen molar-refractivity contribution in [3.63, 3.8) is 0 Å². The predicted molar refractivity (Wildman–Crippen MR) is 44.6 cm³/mol. The van der Waals surface area contributed by atoms with Crippen molar-refractivity contribution in [3.05, 3.63) is 0 Å². The van der Waals surface area contributed by atoms with Gasteiger partial charge >= 0.3 is 0 Å². The monoisotopic (exact) mass is 178 g/mol. The summed E-state index contributed by atoms with van der Waals surface area (Å²) in [5.74, 6) is 4.21. The number of hydrogen-bond donors (Lipinski definition) is 1. The van der Waals surface area contributed by atoms with Crippen molar-refractivity contribution >= 4 is 0 Å². The van der Waals surface area contributed by atoms with Crippen LogP contribution in [0.15, 0.2) is 0 Å². The number of aliphatic hydroxyl groups is 1. The second-order valence-electron chi connectivity index (χ2n) is 5.94. The lowest BCUT2D eigenvalue weighted by atomic mass is 9.79. The fraction of sp³-hybridized carbons (Fsp3) is 1.00. The molecule has 0 aromatic rings. The molecule has 0 aromatic heterocycles. The Kier molecular flexibility index (Phi) is 0.733. The summed E-state index contributed by atoms with van der Waals surface area (Å²) in [7, 11) is 0. The van der Waals surface area contributed by atoms with Gasteiger partial charge in [-0.3, -0.25) is 0 Å². The van der Waals surface area contributed by atoms with E-state index in [-0.39, 0.29) is 0 Å². The molecule has 8 atom stereocenters. The van der Waals surface area contributed by atoms with Gasteiger partial charge in [-0.25, -0.2) is 0 Å². The van der Waals surface area contributed by atoms with Crippen LogP contribution in [0.1, 0.15) is 19.3 Å². The highest BCUT2D eigenvalue weighted by Gasteiger charge is 2.78. The first-order valence-corrected chi connectivity index (χ1v) is 5.68. The Labute approximate surface area is 77.3 Å². The van der Waals surface area contributed by atoms with Crippen molar-refractivity contribution in [2.24, 2.45) is 35.5 Å². The van der Waals surface area contributed by atoms with Crippen LogP contribution in [-0.2, 0) is 4.74 Å². The van der Waals surface area contributed by atoms with E-state index in [9.17, 15) is 5.11 Å². The van der Waals surface area contributed by atoms with Crippen molar-refractivity contribution < 1.29 is 9.84 Å². The summed E-state index contributed by atoms with van der Waals surface area (Å²) in [6.07, 6.45) is 4.11. The zero-order valence-electron chi connectivity index (χ0n) is 7.52. The summed E-state index contributed by atoms with van der Waals surface area (Å²) in [6.45, 7) is 0. The van der Waals surface area contributed by atoms with E-state index < -0.39 is 5.79 Å². The Hall–Kier alpha value is -0.0800. The Morgan fingerprint density at radius 2 is 2.00 bits per heavy atom. The lowest BCUT2D eigenvalue weighted by Crippen LogP contribution is -2.32. The topological polar surface area (TPSA) is 29.5 Å². The van der Waals surface area contributed by atoms with Gasteiger partial charge in [-0.2, -0.15) is 0 Å². The molecule has 1 aliphatic heterocycles. The fourth-order valence-corrected chi connectivity index (χ4v) is 5.92. The van der Waals surface area contributed by atoms with E-state index in [0.717, 1.165) is 36.0 Å². The highest BCUT2D eigenvalue weighted by Crippen LogP contribution is 2.77. The first kappa shape index (κ1) is 6.41. The lowest BCUT2D eigenvalue weighted by Gasteiger charge is -2.25. The quantitative estimate of drug-likeness (QED) is 0.599. The van der Waals surface area contributed by atoms with Gasteiger partial charge in [0.05, 0.1) is 6.10 Å². The summed E-state index contributed by atoms with van der Waals surface area (Å²) < 4.78 is 5.87. The van der Waals surface area contributed by atoms with Gasteiger partial charge in [-0.15, -0.1) is 0 Å². The second-order valence-corrected chi connectivity index (χ2v) is 5.94. The second kappa shape index (κ2) is 1.49. The predicted octanol–water partition coefficient (Wildman–Crippen LogP) is 0.996. The molecule has 70 valence electrons. The van der Waals surface area contributed by atoms with Gasteiger partial charge in [-0.05, 0) is 42.4 Å². The minimum absolute atomic E-state index is 0.447. The molecule has 1 N–H and O–H groups in total. The molecule has 0 unspecified atom stereocenters.